The molecule has 0 aromatic heterocycles. The van der Waals surface area contributed by atoms with E-state index in [2.05, 4.69) is 11.8 Å². The summed E-state index contributed by atoms with van der Waals surface area (Å²) in [6.45, 7) is 4.54. The van der Waals surface area contributed by atoms with E-state index in [9.17, 15) is 0 Å². The minimum atomic E-state index is 0.678. The molecule has 2 aliphatic rings. The predicted molar refractivity (Wildman–Crippen MR) is 64.8 cm³/mol. The number of nitrogens with two attached hydrogens (primary N) is 1. The summed E-state index contributed by atoms with van der Waals surface area (Å²) in [7, 11) is 0. The molecule has 2 atom stereocenters. The molecule has 2 unspecified atom stereocenters. The van der Waals surface area contributed by atoms with Crippen molar-refractivity contribution in [1.82, 2.24) is 4.90 Å². The van der Waals surface area contributed by atoms with E-state index in [0.29, 0.717) is 6.04 Å². The van der Waals surface area contributed by atoms with Gasteiger partial charge < -0.3 is 5.73 Å². The Morgan fingerprint density at radius 1 is 1.13 bits per heavy atom. The van der Waals surface area contributed by atoms with Gasteiger partial charge in [0, 0.05) is 18.6 Å². The van der Waals surface area contributed by atoms with Crippen LogP contribution in [0.1, 0.15) is 51.9 Å². The first kappa shape index (κ1) is 11.4. The van der Waals surface area contributed by atoms with E-state index in [1.165, 1.54) is 51.5 Å². The first-order valence-corrected chi connectivity index (χ1v) is 6.77. The van der Waals surface area contributed by atoms with E-state index in [1.54, 1.807) is 0 Å². The molecule has 1 saturated heterocycles. The summed E-state index contributed by atoms with van der Waals surface area (Å²) in [5.74, 6) is 0.887. The van der Waals surface area contributed by atoms with Gasteiger partial charge in [-0.05, 0) is 38.1 Å². The van der Waals surface area contributed by atoms with Gasteiger partial charge in [-0.25, -0.2) is 0 Å². The summed E-state index contributed by atoms with van der Waals surface area (Å²) in [4.78, 5) is 2.74. The number of nitrogens with zero attached hydrogens (tertiary/aromatic N) is 1. The second-order valence-corrected chi connectivity index (χ2v) is 5.55. The molecule has 0 aromatic carbocycles. The maximum Gasteiger partial charge on any atom is 0.0223 e. The Kier molecular flexibility index (Phi) is 4.04. The lowest BCUT2D eigenvalue weighted by molar-refractivity contribution is 0.0576. The zero-order valence-corrected chi connectivity index (χ0v) is 10.1. The summed E-state index contributed by atoms with van der Waals surface area (Å²) < 4.78 is 0. The van der Waals surface area contributed by atoms with E-state index in [1.807, 2.05) is 0 Å². The van der Waals surface area contributed by atoms with Gasteiger partial charge >= 0.3 is 0 Å². The molecule has 0 amide bonds. The molecule has 15 heavy (non-hydrogen) atoms. The van der Waals surface area contributed by atoms with Gasteiger partial charge in [0.2, 0.25) is 0 Å². The molecule has 1 aliphatic heterocycles. The fourth-order valence-electron chi connectivity index (χ4n) is 3.39. The predicted octanol–water partition coefficient (Wildman–Crippen LogP) is 2.38. The van der Waals surface area contributed by atoms with Gasteiger partial charge in [0.05, 0.1) is 0 Å². The molecule has 2 fully saturated rings. The first-order valence-electron chi connectivity index (χ1n) is 6.77. The second kappa shape index (κ2) is 5.31. The van der Waals surface area contributed by atoms with Crippen LogP contribution in [0.25, 0.3) is 0 Å². The number of hydrogen-bond acceptors (Lipinski definition) is 2. The van der Waals surface area contributed by atoms with E-state index < -0.39 is 0 Å². The van der Waals surface area contributed by atoms with Crippen molar-refractivity contribution in [2.75, 3.05) is 13.1 Å². The van der Waals surface area contributed by atoms with E-state index in [0.717, 1.165) is 18.5 Å². The van der Waals surface area contributed by atoms with Gasteiger partial charge in [-0.3, -0.25) is 4.90 Å². The topological polar surface area (TPSA) is 29.3 Å². The van der Waals surface area contributed by atoms with Crippen molar-refractivity contribution in [3.63, 3.8) is 0 Å². The Labute approximate surface area is 94.2 Å². The molecule has 1 aliphatic carbocycles. The third-order valence-electron chi connectivity index (χ3n) is 4.34. The lowest BCUT2D eigenvalue weighted by Gasteiger charge is -2.44. The molecule has 0 radical (unpaired) electrons. The van der Waals surface area contributed by atoms with Crippen LogP contribution in [0.5, 0.6) is 0 Å². The Morgan fingerprint density at radius 3 is 2.53 bits per heavy atom. The minimum absolute atomic E-state index is 0.678. The Hall–Kier alpha value is -0.0800. The molecular formula is C13H26N2. The summed E-state index contributed by atoms with van der Waals surface area (Å²) in [6, 6.07) is 1.54. The fourth-order valence-corrected chi connectivity index (χ4v) is 3.39. The van der Waals surface area contributed by atoms with Gasteiger partial charge in [-0.15, -0.1) is 0 Å². The highest BCUT2D eigenvalue weighted by atomic mass is 15.2. The lowest BCUT2D eigenvalue weighted by Crippen LogP contribution is -2.51. The molecule has 88 valence electrons. The van der Waals surface area contributed by atoms with Crippen molar-refractivity contribution >= 4 is 0 Å². The highest BCUT2D eigenvalue weighted by Crippen LogP contribution is 2.30. The van der Waals surface area contributed by atoms with Crippen LogP contribution in [-0.4, -0.2) is 30.1 Å². The normalized spacial score (nSPS) is 35.6. The third-order valence-corrected chi connectivity index (χ3v) is 4.34. The van der Waals surface area contributed by atoms with E-state index in [-0.39, 0.29) is 0 Å². The maximum absolute atomic E-state index is 5.92. The molecular weight excluding hydrogens is 184 g/mol. The zero-order chi connectivity index (χ0) is 10.7. The van der Waals surface area contributed by atoms with Gasteiger partial charge in [-0.2, -0.15) is 0 Å². The van der Waals surface area contributed by atoms with Gasteiger partial charge in [0.1, 0.15) is 0 Å². The number of likely N-dealkylation sites (tertiary alicyclic amines) is 1. The maximum atomic E-state index is 5.92. The molecule has 2 nitrogen and oxygen atoms in total. The van der Waals surface area contributed by atoms with Crippen molar-refractivity contribution in [3.8, 4) is 0 Å². The number of rotatable bonds is 2. The second-order valence-electron chi connectivity index (χ2n) is 5.55. The highest BCUT2D eigenvalue weighted by molar-refractivity contribution is 4.86. The molecule has 2 rings (SSSR count). The molecule has 1 heterocycles. The molecule has 2 heteroatoms. The summed E-state index contributed by atoms with van der Waals surface area (Å²) in [5, 5.41) is 0. The SMILES string of the molecule is CC1CCN(C2CCCCC2)C(CN)C1. The van der Waals surface area contributed by atoms with Gasteiger partial charge in [-0.1, -0.05) is 26.2 Å². The Morgan fingerprint density at radius 2 is 1.87 bits per heavy atom. The smallest absolute Gasteiger partial charge is 0.0223 e. The summed E-state index contributed by atoms with van der Waals surface area (Å²) in [5.41, 5.74) is 5.92. The monoisotopic (exact) mass is 210 g/mol. The largest absolute Gasteiger partial charge is 0.329 e. The van der Waals surface area contributed by atoms with Crippen molar-refractivity contribution in [1.29, 1.82) is 0 Å². The third kappa shape index (κ3) is 2.73. The zero-order valence-electron chi connectivity index (χ0n) is 10.1. The number of piperidine rings is 1. The van der Waals surface area contributed by atoms with E-state index >= 15 is 0 Å². The van der Waals surface area contributed by atoms with Crippen molar-refractivity contribution < 1.29 is 0 Å². The average molecular weight is 210 g/mol. The summed E-state index contributed by atoms with van der Waals surface area (Å²) in [6.07, 6.45) is 9.88. The van der Waals surface area contributed by atoms with Crippen LogP contribution in [0, 0.1) is 5.92 Å². The Bertz CT molecular complexity index is 185. The van der Waals surface area contributed by atoms with Gasteiger partial charge in [0.15, 0.2) is 0 Å². The summed E-state index contributed by atoms with van der Waals surface area (Å²) >= 11 is 0. The van der Waals surface area contributed by atoms with Gasteiger partial charge in [0.25, 0.3) is 0 Å². The molecule has 1 saturated carbocycles. The van der Waals surface area contributed by atoms with Crippen LogP contribution in [0.3, 0.4) is 0 Å². The lowest BCUT2D eigenvalue weighted by atomic mass is 9.87. The van der Waals surface area contributed by atoms with Crippen LogP contribution in [0.15, 0.2) is 0 Å². The Balaban J connectivity index is 1.93. The van der Waals surface area contributed by atoms with Crippen LogP contribution >= 0.6 is 0 Å². The fraction of sp³-hybridized carbons (Fsp3) is 1.00. The molecule has 0 bridgehead atoms. The average Bonchev–Trinajstić information content (AvgIpc) is 2.30. The van der Waals surface area contributed by atoms with Crippen LogP contribution in [0.2, 0.25) is 0 Å². The minimum Gasteiger partial charge on any atom is -0.329 e. The van der Waals surface area contributed by atoms with E-state index in [4.69, 9.17) is 5.73 Å². The van der Waals surface area contributed by atoms with Crippen molar-refractivity contribution in [3.05, 3.63) is 0 Å². The first-order chi connectivity index (χ1) is 7.31. The van der Waals surface area contributed by atoms with Crippen LogP contribution in [-0.2, 0) is 0 Å². The van der Waals surface area contributed by atoms with Crippen molar-refractivity contribution in [2.45, 2.75) is 64.0 Å². The standard InChI is InChI=1S/C13H26N2/c1-11-7-8-15(13(9-11)10-14)12-5-3-2-4-6-12/h11-13H,2-10,14H2,1H3. The van der Waals surface area contributed by atoms with Crippen LogP contribution in [0.4, 0.5) is 0 Å². The molecule has 0 aromatic rings. The molecule has 0 spiro atoms. The quantitative estimate of drug-likeness (QED) is 0.758. The number of hydrogen-bond donors (Lipinski definition) is 1. The molecule has 2 N–H and O–H groups in total. The highest BCUT2D eigenvalue weighted by Gasteiger charge is 2.31. The van der Waals surface area contributed by atoms with Crippen molar-refractivity contribution in [2.24, 2.45) is 11.7 Å². The van der Waals surface area contributed by atoms with Crippen LogP contribution < -0.4 is 5.73 Å².